The number of nitrogens with one attached hydrogen (secondary N) is 1. The maximum atomic E-state index is 14.0. The molecule has 1 aliphatic heterocycles. The number of carbonyl (C=O) groups is 1. The summed E-state index contributed by atoms with van der Waals surface area (Å²) in [5, 5.41) is 13.4. The molecule has 8 nitrogen and oxygen atoms in total. The van der Waals surface area contributed by atoms with Crippen LogP contribution >= 0.6 is 0 Å². The number of carbonyl (C=O) groups excluding carboxylic acids is 1. The number of nitrogens with two attached hydrogens (primary N) is 1. The molecule has 128 valence electrons. The Bertz CT molecular complexity index is 721. The lowest BCUT2D eigenvalue weighted by Crippen LogP contribution is -2.35. The first-order chi connectivity index (χ1) is 11.5. The smallest absolute Gasteiger partial charge is 0.238 e. The molecule has 0 saturated carbocycles. The zero-order valence-electron chi connectivity index (χ0n) is 13.4. The maximum Gasteiger partial charge on any atom is 0.238 e. The second kappa shape index (κ2) is 6.62. The largest absolute Gasteiger partial charge is 0.330 e. The fraction of sp³-hybridized carbons (Fsp3) is 0.467. The standard InChI is InChI=1S/C15H20FN7O/c1-15(8-17)4-5-22(9-15)7-14(24)19-13-6-11(2-3-12(13)16)23-10-18-20-21-23/h2-3,6,10H,4-5,7-9,17H2,1H3,(H,19,24). The van der Waals surface area contributed by atoms with Gasteiger partial charge < -0.3 is 11.1 Å². The number of aromatic nitrogens is 4. The number of likely N-dealkylation sites (tertiary alicyclic amines) is 1. The monoisotopic (exact) mass is 333 g/mol. The van der Waals surface area contributed by atoms with Gasteiger partial charge in [-0.15, -0.1) is 5.10 Å². The Kier molecular flexibility index (Phi) is 4.54. The van der Waals surface area contributed by atoms with Gasteiger partial charge >= 0.3 is 0 Å². The number of amides is 1. The minimum atomic E-state index is -0.506. The molecule has 9 heteroatoms. The normalized spacial score (nSPS) is 21.1. The zero-order chi connectivity index (χ0) is 17.2. The predicted octanol–water partition coefficient (Wildman–Crippen LogP) is 0.411. The highest BCUT2D eigenvalue weighted by molar-refractivity contribution is 5.92. The fourth-order valence-corrected chi connectivity index (χ4v) is 2.85. The average molecular weight is 333 g/mol. The molecule has 1 aliphatic rings. The maximum absolute atomic E-state index is 14.0. The van der Waals surface area contributed by atoms with Crippen LogP contribution in [0.15, 0.2) is 24.5 Å². The lowest BCUT2D eigenvalue weighted by atomic mass is 9.90. The van der Waals surface area contributed by atoms with Crippen LogP contribution in [0.3, 0.4) is 0 Å². The lowest BCUT2D eigenvalue weighted by Gasteiger charge is -2.22. The van der Waals surface area contributed by atoms with Crippen molar-refractivity contribution in [3.05, 3.63) is 30.3 Å². The highest BCUT2D eigenvalue weighted by Gasteiger charge is 2.33. The molecule has 0 bridgehead atoms. The van der Waals surface area contributed by atoms with Gasteiger partial charge in [0.15, 0.2) is 0 Å². The van der Waals surface area contributed by atoms with Crippen molar-refractivity contribution in [3.63, 3.8) is 0 Å². The molecule has 2 heterocycles. The first kappa shape index (κ1) is 16.5. The van der Waals surface area contributed by atoms with E-state index in [0.29, 0.717) is 12.2 Å². The van der Waals surface area contributed by atoms with E-state index in [1.165, 1.54) is 29.2 Å². The van der Waals surface area contributed by atoms with Gasteiger partial charge in [-0.1, -0.05) is 6.92 Å². The van der Waals surface area contributed by atoms with E-state index >= 15 is 0 Å². The molecule has 1 unspecified atom stereocenters. The van der Waals surface area contributed by atoms with Gasteiger partial charge in [0.2, 0.25) is 5.91 Å². The van der Waals surface area contributed by atoms with Crippen LogP contribution in [0.25, 0.3) is 5.69 Å². The summed E-state index contributed by atoms with van der Waals surface area (Å²) in [7, 11) is 0. The predicted molar refractivity (Wildman–Crippen MR) is 86.0 cm³/mol. The lowest BCUT2D eigenvalue weighted by molar-refractivity contribution is -0.117. The molecule has 1 aromatic heterocycles. The highest BCUT2D eigenvalue weighted by atomic mass is 19.1. The van der Waals surface area contributed by atoms with E-state index in [0.717, 1.165) is 19.5 Å². The van der Waals surface area contributed by atoms with Gasteiger partial charge in [0.25, 0.3) is 0 Å². The fourth-order valence-electron chi connectivity index (χ4n) is 2.85. The number of benzene rings is 1. The Labute approximate surface area is 138 Å². The van der Waals surface area contributed by atoms with Crippen LogP contribution in [0.1, 0.15) is 13.3 Å². The summed E-state index contributed by atoms with van der Waals surface area (Å²) in [5.41, 5.74) is 6.49. The van der Waals surface area contributed by atoms with Crippen LogP contribution in [0.5, 0.6) is 0 Å². The van der Waals surface area contributed by atoms with Crippen molar-refractivity contribution in [2.24, 2.45) is 11.1 Å². The van der Waals surface area contributed by atoms with Gasteiger partial charge in [0.05, 0.1) is 17.9 Å². The van der Waals surface area contributed by atoms with Crippen LogP contribution in [0, 0.1) is 11.2 Å². The van der Waals surface area contributed by atoms with E-state index < -0.39 is 5.82 Å². The molecule has 24 heavy (non-hydrogen) atoms. The van der Waals surface area contributed by atoms with Crippen molar-refractivity contribution in [1.29, 1.82) is 0 Å². The summed E-state index contributed by atoms with van der Waals surface area (Å²) in [6.45, 7) is 4.50. The molecule has 3 N–H and O–H groups in total. The van der Waals surface area contributed by atoms with E-state index in [1.54, 1.807) is 0 Å². The van der Waals surface area contributed by atoms with Crippen LogP contribution < -0.4 is 11.1 Å². The SMILES string of the molecule is CC1(CN)CCN(CC(=O)Nc2cc(-n3cnnn3)ccc2F)C1. The molecule has 0 aliphatic carbocycles. The average Bonchev–Trinajstić information content (AvgIpc) is 3.20. The summed E-state index contributed by atoms with van der Waals surface area (Å²) in [5.74, 6) is -0.766. The summed E-state index contributed by atoms with van der Waals surface area (Å²) in [6, 6.07) is 4.31. The van der Waals surface area contributed by atoms with Crippen LogP contribution in [-0.2, 0) is 4.79 Å². The number of rotatable bonds is 5. The number of halogens is 1. The highest BCUT2D eigenvalue weighted by Crippen LogP contribution is 2.28. The molecule has 1 aromatic carbocycles. The van der Waals surface area contributed by atoms with Crippen molar-refractivity contribution in [2.45, 2.75) is 13.3 Å². The van der Waals surface area contributed by atoms with E-state index in [1.807, 2.05) is 4.90 Å². The molecule has 3 rings (SSSR count). The molecular formula is C15H20FN7O. The number of hydrogen-bond acceptors (Lipinski definition) is 6. The Balaban J connectivity index is 1.65. The first-order valence-corrected chi connectivity index (χ1v) is 7.74. The zero-order valence-corrected chi connectivity index (χ0v) is 13.4. The third-order valence-electron chi connectivity index (χ3n) is 4.33. The second-order valence-electron chi connectivity index (χ2n) is 6.44. The van der Waals surface area contributed by atoms with Crippen molar-refractivity contribution in [2.75, 3.05) is 31.5 Å². The Hall–Kier alpha value is -2.39. The van der Waals surface area contributed by atoms with Crippen molar-refractivity contribution in [3.8, 4) is 5.69 Å². The van der Waals surface area contributed by atoms with Gasteiger partial charge in [-0.05, 0) is 53.6 Å². The summed E-state index contributed by atoms with van der Waals surface area (Å²) >= 11 is 0. The van der Waals surface area contributed by atoms with Gasteiger partial charge in [0, 0.05) is 6.54 Å². The summed E-state index contributed by atoms with van der Waals surface area (Å²) in [6.07, 6.45) is 2.36. The van der Waals surface area contributed by atoms with Gasteiger partial charge in [-0.25, -0.2) is 9.07 Å². The van der Waals surface area contributed by atoms with E-state index in [2.05, 4.69) is 27.8 Å². The van der Waals surface area contributed by atoms with E-state index in [9.17, 15) is 9.18 Å². The molecular weight excluding hydrogens is 313 g/mol. The molecule has 2 aromatic rings. The number of nitrogens with zero attached hydrogens (tertiary/aromatic N) is 5. The third kappa shape index (κ3) is 3.57. The van der Waals surface area contributed by atoms with Crippen molar-refractivity contribution in [1.82, 2.24) is 25.1 Å². The van der Waals surface area contributed by atoms with Gasteiger partial charge in [0.1, 0.15) is 12.1 Å². The molecule has 0 radical (unpaired) electrons. The Morgan fingerprint density at radius 2 is 2.33 bits per heavy atom. The minimum absolute atomic E-state index is 0.0472. The first-order valence-electron chi connectivity index (χ1n) is 7.74. The number of hydrogen-bond donors (Lipinski definition) is 2. The van der Waals surface area contributed by atoms with Crippen LogP contribution in [0.2, 0.25) is 0 Å². The van der Waals surface area contributed by atoms with Crippen LogP contribution in [-0.4, -0.2) is 57.2 Å². The number of anilines is 1. The van der Waals surface area contributed by atoms with E-state index in [4.69, 9.17) is 5.73 Å². The second-order valence-corrected chi connectivity index (χ2v) is 6.44. The quantitative estimate of drug-likeness (QED) is 0.822. The number of tetrazole rings is 1. The topological polar surface area (TPSA) is 102 Å². The van der Waals surface area contributed by atoms with Crippen molar-refractivity contribution < 1.29 is 9.18 Å². The molecule has 0 spiro atoms. The Morgan fingerprint density at radius 3 is 3.00 bits per heavy atom. The molecule has 1 atom stereocenters. The third-order valence-corrected chi connectivity index (χ3v) is 4.33. The summed E-state index contributed by atoms with van der Waals surface area (Å²) < 4.78 is 15.3. The van der Waals surface area contributed by atoms with Gasteiger partial charge in [-0.2, -0.15) is 0 Å². The van der Waals surface area contributed by atoms with E-state index in [-0.39, 0.29) is 23.6 Å². The van der Waals surface area contributed by atoms with Crippen LogP contribution in [0.4, 0.5) is 10.1 Å². The Morgan fingerprint density at radius 1 is 1.50 bits per heavy atom. The summed E-state index contributed by atoms with van der Waals surface area (Å²) in [4.78, 5) is 14.3. The molecule has 1 saturated heterocycles. The van der Waals surface area contributed by atoms with Crippen molar-refractivity contribution >= 4 is 11.6 Å². The van der Waals surface area contributed by atoms with Gasteiger partial charge in [-0.3, -0.25) is 9.69 Å². The molecule has 1 fully saturated rings. The molecule has 1 amide bonds. The minimum Gasteiger partial charge on any atom is -0.330 e.